The Labute approximate surface area is 298 Å². The van der Waals surface area contributed by atoms with E-state index in [4.69, 9.17) is 0 Å². The number of allylic oxidation sites excluding steroid dienone is 6. The van der Waals surface area contributed by atoms with E-state index in [-0.39, 0.29) is 5.41 Å². The summed E-state index contributed by atoms with van der Waals surface area (Å²) in [6, 6.07) is 54.2. The minimum absolute atomic E-state index is 0.000269. The Morgan fingerprint density at radius 3 is 2.18 bits per heavy atom. The molecule has 6 aromatic carbocycles. The zero-order valence-corrected chi connectivity index (χ0v) is 28.3. The summed E-state index contributed by atoms with van der Waals surface area (Å²) in [4.78, 5) is 2.64. The Balaban J connectivity index is 1.04. The fourth-order valence-corrected chi connectivity index (χ4v) is 9.49. The Morgan fingerprint density at radius 2 is 1.29 bits per heavy atom. The molecule has 11 rings (SSSR count). The van der Waals surface area contributed by atoms with Gasteiger partial charge in [-0.2, -0.15) is 0 Å². The van der Waals surface area contributed by atoms with Crippen molar-refractivity contribution in [2.24, 2.45) is 5.92 Å². The van der Waals surface area contributed by atoms with Crippen molar-refractivity contribution in [2.75, 3.05) is 4.90 Å². The highest BCUT2D eigenvalue weighted by Crippen LogP contribution is 2.70. The van der Waals surface area contributed by atoms with Crippen molar-refractivity contribution in [3.8, 4) is 22.3 Å². The normalized spacial score (nSPS) is 21.3. The van der Waals surface area contributed by atoms with Gasteiger partial charge < -0.3 is 9.47 Å². The number of aromatic nitrogens is 1. The van der Waals surface area contributed by atoms with Crippen molar-refractivity contribution in [2.45, 2.75) is 24.3 Å². The summed E-state index contributed by atoms with van der Waals surface area (Å²) in [7, 11) is 0. The summed E-state index contributed by atoms with van der Waals surface area (Å²) in [5.41, 5.74) is 15.6. The SMILES string of the molecule is C1=C[C@H]2C3N(c4ccccc4-c4ccccc4)c4ccc(-c5ccc6c(c5)c5ccccc5n6C5=CCCC(c6ccccc6)=C5)cc4C32C=C1. The van der Waals surface area contributed by atoms with Crippen molar-refractivity contribution in [3.05, 3.63) is 193 Å². The molecule has 7 aromatic rings. The lowest BCUT2D eigenvalue weighted by molar-refractivity contribution is 0.828. The Kier molecular flexibility index (Phi) is 6.15. The first-order chi connectivity index (χ1) is 25.3. The maximum absolute atomic E-state index is 2.64. The molecule has 3 aliphatic carbocycles. The average molecular weight is 653 g/mol. The largest absolute Gasteiger partial charge is 0.336 e. The molecule has 0 radical (unpaired) electrons. The van der Waals surface area contributed by atoms with Crippen LogP contribution in [0.1, 0.15) is 24.0 Å². The van der Waals surface area contributed by atoms with Gasteiger partial charge in [0, 0.05) is 44.7 Å². The first-order valence-electron chi connectivity index (χ1n) is 18.2. The van der Waals surface area contributed by atoms with Gasteiger partial charge in [0.1, 0.15) is 0 Å². The average Bonchev–Trinajstić information content (AvgIpc) is 3.64. The summed E-state index contributed by atoms with van der Waals surface area (Å²) in [5, 5.41) is 2.59. The fraction of sp³-hybridized carbons (Fsp3) is 0.102. The van der Waals surface area contributed by atoms with Crippen molar-refractivity contribution < 1.29 is 0 Å². The third kappa shape index (κ3) is 4.17. The molecule has 0 saturated heterocycles. The van der Waals surface area contributed by atoms with Gasteiger partial charge in [-0.3, -0.25) is 0 Å². The third-order valence-electron chi connectivity index (χ3n) is 11.8. The molecule has 0 N–H and O–H groups in total. The minimum Gasteiger partial charge on any atom is -0.336 e. The van der Waals surface area contributed by atoms with Crippen LogP contribution in [0.15, 0.2) is 182 Å². The predicted octanol–water partition coefficient (Wildman–Crippen LogP) is 12.4. The minimum atomic E-state index is 0.000269. The molecular formula is C49H36N2. The quantitative estimate of drug-likeness (QED) is 0.180. The highest BCUT2D eigenvalue weighted by atomic mass is 15.3. The lowest BCUT2D eigenvalue weighted by atomic mass is 9.88. The molecule has 1 spiro atoms. The molecule has 2 heterocycles. The standard InChI is InChI=1S/C49H36N2/c1-3-14-33(15-4-1)35-18-13-19-38(30-35)50-45-24-10-8-21-40(45)41-31-36(25-27-46(41)50)37-26-28-47-43(32-37)49-29-12-11-22-42(49)48(49)51(47)44-23-9-7-20-39(44)34-16-5-2-6-17-34/h1-12,14-17,19-32,42,48H,13,18H2/t42-,48?,49?/m0/s1. The summed E-state index contributed by atoms with van der Waals surface area (Å²) in [6.07, 6.45) is 16.3. The second kappa shape index (κ2) is 10.9. The highest BCUT2D eigenvalue weighted by molar-refractivity contribution is 6.12. The number of anilines is 2. The molecule has 1 fully saturated rings. The zero-order chi connectivity index (χ0) is 33.5. The van der Waals surface area contributed by atoms with E-state index >= 15 is 0 Å². The van der Waals surface area contributed by atoms with Gasteiger partial charge >= 0.3 is 0 Å². The molecule has 2 heteroatoms. The molecule has 0 bridgehead atoms. The van der Waals surface area contributed by atoms with Crippen molar-refractivity contribution >= 4 is 44.5 Å². The monoisotopic (exact) mass is 652 g/mol. The molecule has 51 heavy (non-hydrogen) atoms. The van der Waals surface area contributed by atoms with Crippen molar-refractivity contribution in [1.29, 1.82) is 0 Å². The number of nitrogens with zero attached hydrogens (tertiary/aromatic N) is 2. The van der Waals surface area contributed by atoms with E-state index in [1.807, 2.05) is 0 Å². The number of hydrogen-bond acceptors (Lipinski definition) is 1. The summed E-state index contributed by atoms with van der Waals surface area (Å²) >= 11 is 0. The van der Waals surface area contributed by atoms with Crippen LogP contribution in [0.25, 0.3) is 55.3 Å². The van der Waals surface area contributed by atoms with Gasteiger partial charge in [-0.25, -0.2) is 0 Å². The molecule has 1 saturated carbocycles. The first kappa shape index (κ1) is 28.7. The zero-order valence-electron chi connectivity index (χ0n) is 28.3. The Bertz CT molecular complexity index is 2650. The van der Waals surface area contributed by atoms with Crippen LogP contribution in [0.2, 0.25) is 0 Å². The van der Waals surface area contributed by atoms with Crippen molar-refractivity contribution in [3.63, 3.8) is 0 Å². The predicted molar refractivity (Wildman–Crippen MR) is 214 cm³/mol. The maximum Gasteiger partial charge on any atom is 0.0556 e. The second-order valence-corrected chi connectivity index (χ2v) is 14.4. The van der Waals surface area contributed by atoms with Crippen LogP contribution < -0.4 is 4.90 Å². The molecular weight excluding hydrogens is 617 g/mol. The molecule has 2 unspecified atom stereocenters. The molecule has 1 aromatic heterocycles. The third-order valence-corrected chi connectivity index (χ3v) is 11.8. The number of rotatable bonds is 5. The van der Waals surface area contributed by atoms with Crippen LogP contribution in [-0.2, 0) is 5.41 Å². The van der Waals surface area contributed by atoms with Gasteiger partial charge in [0.2, 0.25) is 0 Å². The Morgan fingerprint density at radius 1 is 0.569 bits per heavy atom. The van der Waals surface area contributed by atoms with Gasteiger partial charge in [-0.05, 0) is 88.7 Å². The Hall–Kier alpha value is -6.12. The molecule has 4 aliphatic rings. The molecule has 2 nitrogen and oxygen atoms in total. The van der Waals surface area contributed by atoms with E-state index < -0.39 is 0 Å². The number of hydrogen-bond donors (Lipinski definition) is 0. The lowest BCUT2D eigenvalue weighted by Crippen LogP contribution is -2.20. The van der Waals surface area contributed by atoms with Crippen LogP contribution in [0.4, 0.5) is 11.4 Å². The molecule has 0 amide bonds. The maximum atomic E-state index is 2.64. The van der Waals surface area contributed by atoms with E-state index in [0.29, 0.717) is 12.0 Å². The number of fused-ring (bicyclic) bond motifs is 5. The van der Waals surface area contributed by atoms with Crippen molar-refractivity contribution in [1.82, 2.24) is 4.57 Å². The fourth-order valence-electron chi connectivity index (χ4n) is 9.49. The van der Waals surface area contributed by atoms with Crippen LogP contribution in [0.3, 0.4) is 0 Å². The van der Waals surface area contributed by atoms with Crippen LogP contribution in [0, 0.1) is 5.92 Å². The highest BCUT2D eigenvalue weighted by Gasteiger charge is 2.71. The van der Waals surface area contributed by atoms with Gasteiger partial charge in [-0.15, -0.1) is 0 Å². The molecule has 242 valence electrons. The summed E-state index contributed by atoms with van der Waals surface area (Å²) in [5.74, 6) is 0.465. The summed E-state index contributed by atoms with van der Waals surface area (Å²) < 4.78 is 2.47. The number of para-hydroxylation sites is 2. The lowest BCUT2D eigenvalue weighted by Gasteiger charge is -2.27. The van der Waals surface area contributed by atoms with E-state index in [9.17, 15) is 0 Å². The van der Waals surface area contributed by atoms with Gasteiger partial charge in [0.05, 0.1) is 17.1 Å². The van der Waals surface area contributed by atoms with Crippen LogP contribution in [0.5, 0.6) is 0 Å². The summed E-state index contributed by atoms with van der Waals surface area (Å²) in [6.45, 7) is 0. The van der Waals surface area contributed by atoms with Crippen LogP contribution in [-0.4, -0.2) is 10.6 Å². The first-order valence-corrected chi connectivity index (χ1v) is 18.2. The van der Waals surface area contributed by atoms with Gasteiger partial charge in [0.15, 0.2) is 0 Å². The molecule has 1 aliphatic heterocycles. The number of benzene rings is 6. The van der Waals surface area contributed by atoms with Crippen LogP contribution >= 0.6 is 0 Å². The van der Waals surface area contributed by atoms with Gasteiger partial charge in [0.25, 0.3) is 0 Å². The van der Waals surface area contributed by atoms with E-state index in [2.05, 4.69) is 192 Å². The second-order valence-electron chi connectivity index (χ2n) is 14.4. The smallest absolute Gasteiger partial charge is 0.0556 e. The topological polar surface area (TPSA) is 8.17 Å². The van der Waals surface area contributed by atoms with Gasteiger partial charge in [-0.1, -0.05) is 140 Å². The van der Waals surface area contributed by atoms with E-state index in [1.54, 1.807) is 0 Å². The van der Waals surface area contributed by atoms with E-state index in [0.717, 1.165) is 12.8 Å². The van der Waals surface area contributed by atoms with E-state index in [1.165, 1.54) is 77.8 Å². The molecule has 3 atom stereocenters.